The molecule has 1 amide bonds. The predicted molar refractivity (Wildman–Crippen MR) is 111 cm³/mol. The lowest BCUT2D eigenvalue weighted by molar-refractivity contribution is -0.00210. The van der Waals surface area contributed by atoms with Crippen molar-refractivity contribution in [3.8, 4) is 5.75 Å². The zero-order valence-electron chi connectivity index (χ0n) is 16.5. The van der Waals surface area contributed by atoms with Gasteiger partial charge in [0.25, 0.3) is 5.91 Å². The van der Waals surface area contributed by atoms with Crippen LogP contribution in [0.2, 0.25) is 0 Å². The van der Waals surface area contributed by atoms with Gasteiger partial charge in [0.05, 0.1) is 6.04 Å². The number of ether oxygens (including phenoxy) is 1. The van der Waals surface area contributed by atoms with Gasteiger partial charge in [-0.1, -0.05) is 30.7 Å². The second-order valence-electron chi connectivity index (χ2n) is 8.80. The number of nitrogens with one attached hydrogen (secondary N) is 1. The number of para-hydroxylation sites is 1. The fraction of sp³-hybridized carbons (Fsp3) is 0.480. The molecule has 0 aromatic heterocycles. The summed E-state index contributed by atoms with van der Waals surface area (Å²) in [7, 11) is 0. The summed E-state index contributed by atoms with van der Waals surface area (Å²) in [6.45, 7) is 0. The molecule has 3 aliphatic rings. The highest BCUT2D eigenvalue weighted by atomic mass is 16.5. The molecule has 0 unspecified atom stereocenters. The molecule has 1 N–H and O–H groups in total. The average Bonchev–Trinajstić information content (AvgIpc) is 2.74. The number of aryl methyl sites for hydroxylation is 2. The SMILES string of the molecule is O=C(N[C@@H]1CC2(CCCCC2)Oc2ccccc21)c1ccc2c(c1)CCCC2. The van der Waals surface area contributed by atoms with Crippen molar-refractivity contribution in [3.63, 3.8) is 0 Å². The molecule has 1 atom stereocenters. The van der Waals surface area contributed by atoms with E-state index in [-0.39, 0.29) is 17.6 Å². The van der Waals surface area contributed by atoms with Gasteiger partial charge in [0.1, 0.15) is 11.4 Å². The van der Waals surface area contributed by atoms with Crippen LogP contribution in [0, 0.1) is 0 Å². The van der Waals surface area contributed by atoms with Crippen molar-refractivity contribution in [1.82, 2.24) is 5.32 Å². The molecule has 1 heterocycles. The van der Waals surface area contributed by atoms with E-state index in [0.29, 0.717) is 0 Å². The molecular weight excluding hydrogens is 346 g/mol. The smallest absolute Gasteiger partial charge is 0.251 e. The minimum absolute atomic E-state index is 0.0200. The largest absolute Gasteiger partial charge is 0.487 e. The molecule has 3 nitrogen and oxygen atoms in total. The van der Waals surface area contributed by atoms with Crippen LogP contribution >= 0.6 is 0 Å². The van der Waals surface area contributed by atoms with Crippen molar-refractivity contribution in [3.05, 3.63) is 64.7 Å². The molecule has 0 saturated heterocycles. The Morgan fingerprint density at radius 1 is 0.929 bits per heavy atom. The normalized spacial score (nSPS) is 22.6. The van der Waals surface area contributed by atoms with E-state index in [1.54, 1.807) is 0 Å². The number of amides is 1. The molecule has 0 radical (unpaired) electrons. The van der Waals surface area contributed by atoms with Gasteiger partial charge in [0.15, 0.2) is 0 Å². The molecule has 146 valence electrons. The summed E-state index contributed by atoms with van der Waals surface area (Å²) >= 11 is 0. The molecule has 2 aromatic carbocycles. The van der Waals surface area contributed by atoms with Gasteiger partial charge in [0, 0.05) is 17.5 Å². The van der Waals surface area contributed by atoms with Crippen LogP contribution in [0.1, 0.15) is 84.5 Å². The quantitative estimate of drug-likeness (QED) is 0.750. The van der Waals surface area contributed by atoms with Crippen molar-refractivity contribution >= 4 is 5.91 Å². The number of hydrogen-bond donors (Lipinski definition) is 1. The van der Waals surface area contributed by atoms with Gasteiger partial charge < -0.3 is 10.1 Å². The van der Waals surface area contributed by atoms with Crippen LogP contribution in [0.15, 0.2) is 42.5 Å². The maximum atomic E-state index is 13.1. The fourth-order valence-electron chi connectivity index (χ4n) is 5.37. The standard InChI is InChI=1S/C25H29NO2/c27-24(20-13-12-18-8-2-3-9-19(18)16-20)26-22-17-25(14-6-1-7-15-25)28-23-11-5-4-10-21(22)23/h4-5,10-13,16,22H,1-3,6-9,14-15,17H2,(H,26,27)/t22-/m1/s1. The molecule has 1 fully saturated rings. The molecule has 1 spiro atoms. The van der Waals surface area contributed by atoms with Crippen molar-refractivity contribution in [2.24, 2.45) is 0 Å². The molecule has 3 heteroatoms. The van der Waals surface area contributed by atoms with Crippen LogP contribution in [0.25, 0.3) is 0 Å². The van der Waals surface area contributed by atoms with Gasteiger partial charge >= 0.3 is 0 Å². The van der Waals surface area contributed by atoms with E-state index in [4.69, 9.17) is 4.74 Å². The van der Waals surface area contributed by atoms with E-state index in [1.165, 1.54) is 43.2 Å². The highest BCUT2D eigenvalue weighted by molar-refractivity contribution is 5.94. The number of rotatable bonds is 2. The zero-order chi connectivity index (χ0) is 19.0. The van der Waals surface area contributed by atoms with Crippen LogP contribution in [-0.4, -0.2) is 11.5 Å². The highest BCUT2D eigenvalue weighted by Gasteiger charge is 2.42. The monoisotopic (exact) mass is 375 g/mol. The third-order valence-corrected chi connectivity index (χ3v) is 6.88. The lowest BCUT2D eigenvalue weighted by Gasteiger charge is -2.44. The molecular formula is C25H29NO2. The Hall–Kier alpha value is -2.29. The summed E-state index contributed by atoms with van der Waals surface area (Å²) in [6.07, 6.45) is 11.5. The van der Waals surface area contributed by atoms with Crippen LogP contribution in [0.4, 0.5) is 0 Å². The van der Waals surface area contributed by atoms with E-state index in [2.05, 4.69) is 29.6 Å². The van der Waals surface area contributed by atoms with Gasteiger partial charge in [-0.05, 0) is 80.7 Å². The number of carbonyl (C=O) groups is 1. The van der Waals surface area contributed by atoms with Crippen molar-refractivity contribution in [2.45, 2.75) is 75.9 Å². The number of hydrogen-bond acceptors (Lipinski definition) is 2. The number of carbonyl (C=O) groups excluding carboxylic acids is 1. The van der Waals surface area contributed by atoms with E-state index in [0.717, 1.165) is 49.0 Å². The average molecular weight is 376 g/mol. The van der Waals surface area contributed by atoms with Crippen LogP contribution in [0.3, 0.4) is 0 Å². The Balaban J connectivity index is 1.41. The summed E-state index contributed by atoms with van der Waals surface area (Å²) in [5, 5.41) is 3.35. The van der Waals surface area contributed by atoms with E-state index >= 15 is 0 Å². The summed E-state index contributed by atoms with van der Waals surface area (Å²) in [6, 6.07) is 14.5. The minimum Gasteiger partial charge on any atom is -0.487 e. The van der Waals surface area contributed by atoms with E-state index in [1.807, 2.05) is 18.2 Å². The van der Waals surface area contributed by atoms with Gasteiger partial charge in [-0.2, -0.15) is 0 Å². The molecule has 1 aliphatic heterocycles. The molecule has 2 aromatic rings. The van der Waals surface area contributed by atoms with Crippen molar-refractivity contribution in [2.75, 3.05) is 0 Å². The van der Waals surface area contributed by atoms with Gasteiger partial charge in [-0.25, -0.2) is 0 Å². The van der Waals surface area contributed by atoms with Crippen LogP contribution < -0.4 is 10.1 Å². The molecule has 5 rings (SSSR count). The molecule has 1 saturated carbocycles. The van der Waals surface area contributed by atoms with Crippen molar-refractivity contribution < 1.29 is 9.53 Å². The van der Waals surface area contributed by atoms with Gasteiger partial charge in [-0.15, -0.1) is 0 Å². The third-order valence-electron chi connectivity index (χ3n) is 6.88. The zero-order valence-corrected chi connectivity index (χ0v) is 16.5. The fourth-order valence-corrected chi connectivity index (χ4v) is 5.37. The van der Waals surface area contributed by atoms with Crippen molar-refractivity contribution in [1.29, 1.82) is 0 Å². The third kappa shape index (κ3) is 3.32. The predicted octanol–water partition coefficient (Wildman–Crippen LogP) is 5.52. The first-order chi connectivity index (χ1) is 13.7. The highest BCUT2D eigenvalue weighted by Crippen LogP contribution is 2.46. The molecule has 28 heavy (non-hydrogen) atoms. The Labute approximate surface area is 167 Å². The topological polar surface area (TPSA) is 38.3 Å². The Kier molecular flexibility index (Phi) is 4.62. The Morgan fingerprint density at radius 2 is 1.71 bits per heavy atom. The lowest BCUT2D eigenvalue weighted by Crippen LogP contribution is -2.46. The summed E-state index contributed by atoms with van der Waals surface area (Å²) in [4.78, 5) is 13.1. The second kappa shape index (κ2) is 7.27. The van der Waals surface area contributed by atoms with Crippen LogP contribution in [-0.2, 0) is 12.8 Å². The van der Waals surface area contributed by atoms with Gasteiger partial charge in [-0.3, -0.25) is 4.79 Å². The maximum Gasteiger partial charge on any atom is 0.251 e. The Bertz CT molecular complexity index is 882. The summed E-state index contributed by atoms with van der Waals surface area (Å²) in [5.74, 6) is 0.993. The van der Waals surface area contributed by atoms with Gasteiger partial charge in [0.2, 0.25) is 0 Å². The first-order valence-electron chi connectivity index (χ1n) is 10.9. The number of benzene rings is 2. The molecule has 2 aliphatic carbocycles. The maximum absolute atomic E-state index is 13.1. The van der Waals surface area contributed by atoms with E-state index < -0.39 is 0 Å². The first kappa shape index (κ1) is 17.8. The van der Waals surface area contributed by atoms with Crippen LogP contribution in [0.5, 0.6) is 5.75 Å². The first-order valence-corrected chi connectivity index (χ1v) is 10.9. The van der Waals surface area contributed by atoms with E-state index in [9.17, 15) is 4.79 Å². The summed E-state index contributed by atoms with van der Waals surface area (Å²) < 4.78 is 6.50. The Morgan fingerprint density at radius 3 is 2.57 bits per heavy atom. The minimum atomic E-state index is -0.111. The lowest BCUT2D eigenvalue weighted by atomic mass is 9.77. The summed E-state index contributed by atoms with van der Waals surface area (Å²) in [5.41, 5.74) is 4.57. The second-order valence-corrected chi connectivity index (χ2v) is 8.80. The molecule has 0 bridgehead atoms. The number of fused-ring (bicyclic) bond motifs is 2.